The molecule has 2 atom stereocenters. The molecule has 1 N–H and O–H groups in total. The SMILES string of the molecule is Cc1ccc(-n2cccc2[C@H]2[C@H](c3ccccn3)NC(=S)N2CC(C)C)nc1. The molecule has 4 heterocycles. The zero-order valence-corrected chi connectivity index (χ0v) is 17.2. The van der Waals surface area contributed by atoms with E-state index in [0.29, 0.717) is 5.92 Å². The van der Waals surface area contributed by atoms with Crippen LogP contribution in [0.1, 0.15) is 42.9 Å². The highest BCUT2D eigenvalue weighted by molar-refractivity contribution is 7.80. The van der Waals surface area contributed by atoms with Crippen LogP contribution in [-0.4, -0.2) is 31.1 Å². The maximum Gasteiger partial charge on any atom is 0.170 e. The molecule has 0 unspecified atom stereocenters. The van der Waals surface area contributed by atoms with Crippen LogP contribution in [0.3, 0.4) is 0 Å². The zero-order chi connectivity index (χ0) is 19.7. The van der Waals surface area contributed by atoms with Crippen LogP contribution >= 0.6 is 12.2 Å². The molecule has 0 saturated carbocycles. The molecule has 0 aliphatic carbocycles. The van der Waals surface area contributed by atoms with E-state index in [9.17, 15) is 0 Å². The van der Waals surface area contributed by atoms with E-state index >= 15 is 0 Å². The minimum Gasteiger partial charge on any atom is -0.352 e. The Balaban J connectivity index is 1.80. The summed E-state index contributed by atoms with van der Waals surface area (Å²) in [5, 5.41) is 4.29. The van der Waals surface area contributed by atoms with Gasteiger partial charge in [0.15, 0.2) is 5.11 Å². The Morgan fingerprint density at radius 1 is 1.11 bits per heavy atom. The summed E-state index contributed by atoms with van der Waals surface area (Å²) < 4.78 is 2.16. The van der Waals surface area contributed by atoms with Crippen molar-refractivity contribution in [2.24, 2.45) is 5.92 Å². The number of aromatic nitrogens is 3. The summed E-state index contributed by atoms with van der Waals surface area (Å²) in [6, 6.07) is 14.4. The molecule has 0 amide bonds. The average Bonchev–Trinajstić information content (AvgIpc) is 3.28. The highest BCUT2D eigenvalue weighted by Crippen LogP contribution is 2.39. The Bertz CT molecular complexity index is 949. The van der Waals surface area contributed by atoms with E-state index in [0.717, 1.165) is 34.4 Å². The Labute approximate surface area is 171 Å². The molecular weight excluding hydrogens is 366 g/mol. The molecule has 6 heteroatoms. The van der Waals surface area contributed by atoms with Crippen molar-refractivity contribution in [1.82, 2.24) is 24.8 Å². The zero-order valence-electron chi connectivity index (χ0n) is 16.4. The Kier molecular flexibility index (Phi) is 5.13. The summed E-state index contributed by atoms with van der Waals surface area (Å²) in [4.78, 5) is 11.5. The van der Waals surface area contributed by atoms with Crippen LogP contribution in [0, 0.1) is 12.8 Å². The third-order valence-electron chi connectivity index (χ3n) is 4.99. The fraction of sp³-hybridized carbons (Fsp3) is 0.318. The van der Waals surface area contributed by atoms with Crippen molar-refractivity contribution in [1.29, 1.82) is 0 Å². The van der Waals surface area contributed by atoms with Crippen LogP contribution in [-0.2, 0) is 0 Å². The van der Waals surface area contributed by atoms with Crippen molar-refractivity contribution in [2.45, 2.75) is 32.9 Å². The number of thiocarbonyl (C=S) groups is 1. The molecular formula is C22H25N5S. The second-order valence-corrected chi connectivity index (χ2v) is 8.06. The first-order chi connectivity index (χ1) is 13.5. The van der Waals surface area contributed by atoms with Gasteiger partial charge in [-0.1, -0.05) is 26.0 Å². The van der Waals surface area contributed by atoms with Crippen molar-refractivity contribution in [3.05, 3.63) is 78.0 Å². The third-order valence-corrected chi connectivity index (χ3v) is 5.34. The lowest BCUT2D eigenvalue weighted by Crippen LogP contribution is -2.33. The molecule has 1 saturated heterocycles. The standard InChI is InChI=1S/C22H25N5S/c1-15(2)14-27-21(20(25-22(27)28)17-7-4-5-11-23-17)18-8-6-12-26(18)19-10-9-16(3)13-24-19/h4-13,15,20-21H,14H2,1-3H3,(H,25,28)/t20-,21-/m0/s1. The highest BCUT2D eigenvalue weighted by atomic mass is 32.1. The first kappa shape index (κ1) is 18.6. The summed E-state index contributed by atoms with van der Waals surface area (Å²) in [5.41, 5.74) is 3.29. The topological polar surface area (TPSA) is 46.0 Å². The minimum absolute atomic E-state index is 0.00783. The molecule has 144 valence electrons. The van der Waals surface area contributed by atoms with Crippen molar-refractivity contribution in [2.75, 3.05) is 6.54 Å². The number of nitrogens with zero attached hydrogens (tertiary/aromatic N) is 4. The van der Waals surface area contributed by atoms with Crippen LogP contribution in [0.4, 0.5) is 0 Å². The van der Waals surface area contributed by atoms with Crippen LogP contribution in [0.25, 0.3) is 5.82 Å². The Morgan fingerprint density at radius 3 is 2.64 bits per heavy atom. The van der Waals surface area contributed by atoms with Crippen LogP contribution in [0.15, 0.2) is 61.1 Å². The largest absolute Gasteiger partial charge is 0.352 e. The van der Waals surface area contributed by atoms with Gasteiger partial charge in [0, 0.05) is 30.8 Å². The summed E-state index contributed by atoms with van der Waals surface area (Å²) in [5.74, 6) is 1.40. The number of hydrogen-bond acceptors (Lipinski definition) is 3. The van der Waals surface area contributed by atoms with Gasteiger partial charge in [0.25, 0.3) is 0 Å². The molecule has 0 radical (unpaired) electrons. The van der Waals surface area contributed by atoms with E-state index in [1.807, 2.05) is 31.5 Å². The number of aryl methyl sites for hydroxylation is 1. The molecule has 0 spiro atoms. The number of pyridine rings is 2. The molecule has 1 aliphatic rings. The average molecular weight is 392 g/mol. The van der Waals surface area contributed by atoms with E-state index in [1.165, 1.54) is 0 Å². The Hall–Kier alpha value is -2.73. The quantitative estimate of drug-likeness (QED) is 0.661. The van der Waals surface area contributed by atoms with Gasteiger partial charge in [-0.3, -0.25) is 4.98 Å². The molecule has 28 heavy (non-hydrogen) atoms. The molecule has 3 aromatic rings. The molecule has 1 fully saturated rings. The van der Waals surface area contributed by atoms with Gasteiger partial charge in [-0.2, -0.15) is 0 Å². The first-order valence-corrected chi connectivity index (χ1v) is 10.0. The van der Waals surface area contributed by atoms with E-state index in [-0.39, 0.29) is 12.1 Å². The summed E-state index contributed by atoms with van der Waals surface area (Å²) >= 11 is 5.73. The normalized spacial score (nSPS) is 19.3. The fourth-order valence-corrected chi connectivity index (χ4v) is 4.08. The van der Waals surface area contributed by atoms with Crippen LogP contribution < -0.4 is 5.32 Å². The molecule has 0 aromatic carbocycles. The Morgan fingerprint density at radius 2 is 1.96 bits per heavy atom. The van der Waals surface area contributed by atoms with Gasteiger partial charge in [-0.25, -0.2) is 4.98 Å². The van der Waals surface area contributed by atoms with Gasteiger partial charge < -0.3 is 14.8 Å². The van der Waals surface area contributed by atoms with E-state index in [2.05, 4.69) is 75.1 Å². The van der Waals surface area contributed by atoms with Gasteiger partial charge >= 0.3 is 0 Å². The molecule has 5 nitrogen and oxygen atoms in total. The van der Waals surface area contributed by atoms with E-state index in [4.69, 9.17) is 12.2 Å². The van der Waals surface area contributed by atoms with Gasteiger partial charge in [0.1, 0.15) is 5.82 Å². The molecule has 0 bridgehead atoms. The van der Waals surface area contributed by atoms with E-state index < -0.39 is 0 Å². The van der Waals surface area contributed by atoms with Gasteiger partial charge in [-0.15, -0.1) is 0 Å². The summed E-state index contributed by atoms with van der Waals surface area (Å²) in [6.45, 7) is 7.36. The monoisotopic (exact) mass is 391 g/mol. The van der Waals surface area contributed by atoms with Crippen molar-refractivity contribution in [3.63, 3.8) is 0 Å². The van der Waals surface area contributed by atoms with Crippen LogP contribution in [0.2, 0.25) is 0 Å². The van der Waals surface area contributed by atoms with Crippen molar-refractivity contribution >= 4 is 17.3 Å². The lowest BCUT2D eigenvalue weighted by atomic mass is 10.0. The molecule has 1 aliphatic heterocycles. The summed E-state index contributed by atoms with van der Waals surface area (Å²) in [6.07, 6.45) is 5.80. The van der Waals surface area contributed by atoms with Crippen LogP contribution in [0.5, 0.6) is 0 Å². The first-order valence-electron chi connectivity index (χ1n) is 9.63. The number of rotatable bonds is 5. The maximum atomic E-state index is 5.73. The fourth-order valence-electron chi connectivity index (χ4n) is 3.76. The van der Waals surface area contributed by atoms with Gasteiger partial charge in [-0.05, 0) is 61.0 Å². The predicted molar refractivity (Wildman–Crippen MR) is 115 cm³/mol. The van der Waals surface area contributed by atoms with E-state index in [1.54, 1.807) is 0 Å². The van der Waals surface area contributed by atoms with Gasteiger partial charge in [0.2, 0.25) is 0 Å². The van der Waals surface area contributed by atoms with Crippen molar-refractivity contribution in [3.8, 4) is 5.82 Å². The van der Waals surface area contributed by atoms with Crippen molar-refractivity contribution < 1.29 is 0 Å². The molecule has 3 aromatic heterocycles. The lowest BCUT2D eigenvalue weighted by Gasteiger charge is -2.30. The third kappa shape index (κ3) is 3.52. The second-order valence-electron chi connectivity index (χ2n) is 7.67. The maximum absolute atomic E-state index is 5.73. The van der Waals surface area contributed by atoms with Gasteiger partial charge in [0.05, 0.1) is 17.8 Å². The lowest BCUT2D eigenvalue weighted by molar-refractivity contribution is 0.280. The number of nitrogens with one attached hydrogen (secondary N) is 1. The smallest absolute Gasteiger partial charge is 0.170 e. The number of hydrogen-bond donors (Lipinski definition) is 1. The minimum atomic E-state index is -0.00783. The highest BCUT2D eigenvalue weighted by Gasteiger charge is 2.41. The second kappa shape index (κ2) is 7.72. The summed E-state index contributed by atoms with van der Waals surface area (Å²) in [7, 11) is 0. The molecule has 4 rings (SSSR count). The predicted octanol–water partition coefficient (Wildman–Crippen LogP) is 4.20.